The van der Waals surface area contributed by atoms with Crippen molar-refractivity contribution in [3.8, 4) is 0 Å². The van der Waals surface area contributed by atoms with Crippen molar-refractivity contribution >= 4 is 16.7 Å². The first-order valence-electron chi connectivity index (χ1n) is 9.40. The second-order valence-corrected chi connectivity index (χ2v) is 7.21. The Bertz CT molecular complexity index is 893. The lowest BCUT2D eigenvalue weighted by molar-refractivity contribution is 0.0685. The van der Waals surface area contributed by atoms with Gasteiger partial charge in [-0.2, -0.15) is 0 Å². The third-order valence-electron chi connectivity index (χ3n) is 5.71. The van der Waals surface area contributed by atoms with E-state index in [4.69, 9.17) is 0 Å². The summed E-state index contributed by atoms with van der Waals surface area (Å²) in [6.45, 7) is 0. The van der Waals surface area contributed by atoms with Gasteiger partial charge >= 0.3 is 0 Å². The molecular formula is C23H24N2O. The zero-order valence-corrected chi connectivity index (χ0v) is 15.1. The van der Waals surface area contributed by atoms with Gasteiger partial charge in [-0.25, -0.2) is 0 Å². The van der Waals surface area contributed by atoms with Gasteiger partial charge in [0.25, 0.3) is 5.91 Å². The molecule has 3 aromatic rings. The third kappa shape index (κ3) is 3.22. The van der Waals surface area contributed by atoms with E-state index in [0.717, 1.165) is 36.5 Å². The Hall–Kier alpha value is -2.68. The summed E-state index contributed by atoms with van der Waals surface area (Å²) in [7, 11) is 1.93. The van der Waals surface area contributed by atoms with Crippen LogP contribution in [0.3, 0.4) is 0 Å². The standard InChI is InChI=1S/C23H24N2O/c1-25(20-13-11-18(12-14-20)17-7-3-2-4-8-17)23(26)22-21-10-6-5-9-19(21)15-16-24-22/h2-10,15-16,18,20H,11-14H2,1H3. The van der Waals surface area contributed by atoms with Gasteiger partial charge in [-0.15, -0.1) is 0 Å². The predicted octanol–water partition coefficient (Wildman–Crippen LogP) is 5.03. The molecule has 2 aromatic carbocycles. The first kappa shape index (κ1) is 16.8. The average Bonchev–Trinajstić information content (AvgIpc) is 2.73. The zero-order valence-electron chi connectivity index (χ0n) is 15.1. The lowest BCUT2D eigenvalue weighted by Gasteiger charge is -2.35. The van der Waals surface area contributed by atoms with E-state index in [0.29, 0.717) is 17.7 Å². The van der Waals surface area contributed by atoms with Crippen LogP contribution in [0.4, 0.5) is 0 Å². The van der Waals surface area contributed by atoms with Crippen LogP contribution in [0, 0.1) is 0 Å². The quantitative estimate of drug-likeness (QED) is 0.667. The summed E-state index contributed by atoms with van der Waals surface area (Å²) >= 11 is 0. The predicted molar refractivity (Wildman–Crippen MR) is 105 cm³/mol. The number of fused-ring (bicyclic) bond motifs is 1. The molecular weight excluding hydrogens is 320 g/mol. The molecule has 0 unspecified atom stereocenters. The molecule has 132 valence electrons. The van der Waals surface area contributed by atoms with Crippen LogP contribution in [0.2, 0.25) is 0 Å². The lowest BCUT2D eigenvalue weighted by atomic mass is 9.81. The Labute approximate surface area is 154 Å². The highest BCUT2D eigenvalue weighted by Gasteiger charge is 2.28. The summed E-state index contributed by atoms with van der Waals surface area (Å²) in [6.07, 6.45) is 6.10. The van der Waals surface area contributed by atoms with Crippen molar-refractivity contribution in [3.05, 3.63) is 78.1 Å². The lowest BCUT2D eigenvalue weighted by Crippen LogP contribution is -2.39. The van der Waals surface area contributed by atoms with E-state index in [1.165, 1.54) is 5.56 Å². The highest BCUT2D eigenvalue weighted by atomic mass is 16.2. The molecule has 4 rings (SSSR count). The number of hydrogen-bond acceptors (Lipinski definition) is 2. The Morgan fingerprint density at radius 1 is 0.923 bits per heavy atom. The maximum absolute atomic E-state index is 13.1. The van der Waals surface area contributed by atoms with Crippen LogP contribution in [-0.4, -0.2) is 28.9 Å². The van der Waals surface area contributed by atoms with E-state index in [1.54, 1.807) is 6.20 Å². The minimum absolute atomic E-state index is 0.0324. The Kier molecular flexibility index (Phi) is 4.70. The number of amides is 1. The average molecular weight is 344 g/mol. The fourth-order valence-corrected chi connectivity index (χ4v) is 4.14. The van der Waals surface area contributed by atoms with Crippen LogP contribution >= 0.6 is 0 Å². The topological polar surface area (TPSA) is 33.2 Å². The molecule has 0 atom stereocenters. The molecule has 1 aromatic heterocycles. The van der Waals surface area contributed by atoms with Gasteiger partial charge in [-0.3, -0.25) is 9.78 Å². The molecule has 1 aliphatic rings. The van der Waals surface area contributed by atoms with Crippen LogP contribution < -0.4 is 0 Å². The zero-order chi connectivity index (χ0) is 17.9. The first-order chi connectivity index (χ1) is 12.7. The maximum atomic E-state index is 13.1. The molecule has 1 heterocycles. The van der Waals surface area contributed by atoms with E-state index >= 15 is 0 Å². The normalized spacial score (nSPS) is 20.0. The number of carbonyl (C=O) groups is 1. The van der Waals surface area contributed by atoms with Crippen LogP contribution in [0.25, 0.3) is 10.8 Å². The molecule has 26 heavy (non-hydrogen) atoms. The van der Waals surface area contributed by atoms with Crippen molar-refractivity contribution in [1.82, 2.24) is 9.88 Å². The number of aromatic nitrogens is 1. The molecule has 1 saturated carbocycles. The second-order valence-electron chi connectivity index (χ2n) is 7.21. The SMILES string of the molecule is CN(C(=O)c1nccc2ccccc12)C1CCC(c2ccccc2)CC1. The molecule has 1 amide bonds. The van der Waals surface area contributed by atoms with Gasteiger partial charge in [-0.05, 0) is 48.6 Å². The minimum atomic E-state index is 0.0324. The molecule has 0 saturated heterocycles. The molecule has 0 radical (unpaired) electrons. The molecule has 1 fully saturated rings. The fourth-order valence-electron chi connectivity index (χ4n) is 4.14. The Balaban J connectivity index is 1.48. The van der Waals surface area contributed by atoms with Crippen molar-refractivity contribution in [2.75, 3.05) is 7.05 Å². The second kappa shape index (κ2) is 7.28. The molecule has 0 N–H and O–H groups in total. The van der Waals surface area contributed by atoms with E-state index in [9.17, 15) is 4.79 Å². The number of carbonyl (C=O) groups excluding carboxylic acids is 1. The summed E-state index contributed by atoms with van der Waals surface area (Å²) in [5.41, 5.74) is 1.99. The van der Waals surface area contributed by atoms with E-state index in [2.05, 4.69) is 35.3 Å². The molecule has 3 nitrogen and oxygen atoms in total. The Morgan fingerprint density at radius 2 is 1.62 bits per heavy atom. The highest BCUT2D eigenvalue weighted by Crippen LogP contribution is 2.34. The van der Waals surface area contributed by atoms with E-state index in [1.807, 2.05) is 42.3 Å². The van der Waals surface area contributed by atoms with Crippen LogP contribution in [-0.2, 0) is 0 Å². The maximum Gasteiger partial charge on any atom is 0.273 e. The van der Waals surface area contributed by atoms with Gasteiger partial charge in [0.2, 0.25) is 0 Å². The molecule has 0 spiro atoms. The molecule has 3 heteroatoms. The van der Waals surface area contributed by atoms with Gasteiger partial charge in [0.1, 0.15) is 5.69 Å². The molecule has 0 aliphatic heterocycles. The Morgan fingerprint density at radius 3 is 2.38 bits per heavy atom. The summed E-state index contributed by atoms with van der Waals surface area (Å²) < 4.78 is 0. The van der Waals surface area contributed by atoms with Crippen LogP contribution in [0.5, 0.6) is 0 Å². The number of benzene rings is 2. The first-order valence-corrected chi connectivity index (χ1v) is 9.40. The number of hydrogen-bond donors (Lipinski definition) is 0. The van der Waals surface area contributed by atoms with Crippen LogP contribution in [0.1, 0.15) is 47.7 Å². The highest BCUT2D eigenvalue weighted by molar-refractivity contribution is 6.05. The van der Waals surface area contributed by atoms with Gasteiger partial charge in [0, 0.05) is 24.7 Å². The number of nitrogens with zero attached hydrogens (tertiary/aromatic N) is 2. The summed E-state index contributed by atoms with van der Waals surface area (Å²) in [6, 6.07) is 21.0. The summed E-state index contributed by atoms with van der Waals surface area (Å²) in [5.74, 6) is 0.650. The largest absolute Gasteiger partial charge is 0.337 e. The van der Waals surface area contributed by atoms with Crippen molar-refractivity contribution in [2.24, 2.45) is 0 Å². The van der Waals surface area contributed by atoms with Crippen molar-refractivity contribution in [2.45, 2.75) is 37.6 Å². The summed E-state index contributed by atoms with van der Waals surface area (Å²) in [4.78, 5) is 19.4. The van der Waals surface area contributed by atoms with Gasteiger partial charge in [-0.1, -0.05) is 54.6 Å². The molecule has 1 aliphatic carbocycles. The molecule has 0 bridgehead atoms. The third-order valence-corrected chi connectivity index (χ3v) is 5.71. The van der Waals surface area contributed by atoms with Crippen molar-refractivity contribution in [1.29, 1.82) is 0 Å². The van der Waals surface area contributed by atoms with Gasteiger partial charge in [0.15, 0.2) is 0 Å². The van der Waals surface area contributed by atoms with E-state index in [-0.39, 0.29) is 5.91 Å². The van der Waals surface area contributed by atoms with Gasteiger partial charge < -0.3 is 4.90 Å². The fraction of sp³-hybridized carbons (Fsp3) is 0.304. The minimum Gasteiger partial charge on any atom is -0.337 e. The smallest absolute Gasteiger partial charge is 0.273 e. The van der Waals surface area contributed by atoms with Crippen molar-refractivity contribution in [3.63, 3.8) is 0 Å². The summed E-state index contributed by atoms with van der Waals surface area (Å²) in [5, 5.41) is 2.00. The number of rotatable bonds is 3. The van der Waals surface area contributed by atoms with Crippen LogP contribution in [0.15, 0.2) is 66.9 Å². The van der Waals surface area contributed by atoms with E-state index < -0.39 is 0 Å². The monoisotopic (exact) mass is 344 g/mol. The number of pyridine rings is 1. The van der Waals surface area contributed by atoms with Gasteiger partial charge in [0.05, 0.1) is 0 Å². The van der Waals surface area contributed by atoms with Crippen molar-refractivity contribution < 1.29 is 4.79 Å².